The summed E-state index contributed by atoms with van der Waals surface area (Å²) in [7, 11) is 0. The van der Waals surface area contributed by atoms with E-state index < -0.39 is 6.03 Å². The van der Waals surface area contributed by atoms with Crippen LogP contribution in [0.25, 0.3) is 0 Å². The van der Waals surface area contributed by atoms with Gasteiger partial charge in [0.15, 0.2) is 0 Å². The molecule has 0 saturated carbocycles. The van der Waals surface area contributed by atoms with E-state index in [0.717, 1.165) is 10.0 Å². The molecule has 3 aromatic rings. The fourth-order valence-electron chi connectivity index (χ4n) is 3.48. The number of benzene rings is 3. The molecule has 5 N–H and O–H groups in total. The number of hydrogen-bond donors (Lipinski definition) is 4. The molecular formula is C27H31BrN4O5. The third-order valence-corrected chi connectivity index (χ3v) is 5.64. The van der Waals surface area contributed by atoms with Crippen LogP contribution in [0.4, 0.5) is 21.9 Å². The van der Waals surface area contributed by atoms with Crippen molar-refractivity contribution in [2.24, 2.45) is 0 Å². The molecule has 0 saturated heterocycles. The molecule has 0 aromatic heterocycles. The van der Waals surface area contributed by atoms with Crippen LogP contribution in [0.1, 0.15) is 36.7 Å². The van der Waals surface area contributed by atoms with Gasteiger partial charge in [-0.05, 0) is 69.3 Å². The first-order valence-corrected chi connectivity index (χ1v) is 12.7. The van der Waals surface area contributed by atoms with E-state index in [4.69, 9.17) is 19.9 Å². The Morgan fingerprint density at radius 2 is 1.41 bits per heavy atom. The Labute approximate surface area is 224 Å². The Morgan fingerprint density at radius 3 is 2.08 bits per heavy atom. The van der Waals surface area contributed by atoms with Gasteiger partial charge < -0.3 is 35.9 Å². The Kier molecular flexibility index (Phi) is 10.0. The number of anilines is 3. The molecule has 0 bridgehead atoms. The number of ether oxygens (including phenoxy) is 3. The second-order valence-electron chi connectivity index (χ2n) is 7.78. The molecule has 10 heteroatoms. The van der Waals surface area contributed by atoms with Crippen molar-refractivity contribution in [1.29, 1.82) is 0 Å². The van der Waals surface area contributed by atoms with Gasteiger partial charge in [-0.15, -0.1) is 0 Å². The van der Waals surface area contributed by atoms with E-state index in [2.05, 4.69) is 31.9 Å². The number of nitrogens with two attached hydrogens (primary N) is 1. The van der Waals surface area contributed by atoms with Crippen LogP contribution in [0, 0.1) is 0 Å². The van der Waals surface area contributed by atoms with Gasteiger partial charge in [0.2, 0.25) is 0 Å². The average molecular weight is 571 g/mol. The highest BCUT2D eigenvalue weighted by Gasteiger charge is 2.16. The Morgan fingerprint density at radius 1 is 0.784 bits per heavy atom. The topological polar surface area (TPSA) is 124 Å². The van der Waals surface area contributed by atoms with Gasteiger partial charge in [0.1, 0.15) is 17.2 Å². The molecule has 0 aliphatic rings. The average Bonchev–Trinajstić information content (AvgIpc) is 2.87. The van der Waals surface area contributed by atoms with Crippen LogP contribution in [0.5, 0.6) is 17.2 Å². The van der Waals surface area contributed by atoms with E-state index in [1.54, 1.807) is 42.5 Å². The summed E-state index contributed by atoms with van der Waals surface area (Å²) in [5.74, 6) is 1.14. The molecule has 9 nitrogen and oxygen atoms in total. The van der Waals surface area contributed by atoms with Crippen molar-refractivity contribution >= 4 is 44.9 Å². The lowest BCUT2D eigenvalue weighted by atomic mass is 10.1. The minimum absolute atomic E-state index is 0.176. The number of rotatable bonds is 11. The van der Waals surface area contributed by atoms with Crippen LogP contribution in [0.3, 0.4) is 0 Å². The van der Waals surface area contributed by atoms with Gasteiger partial charge in [-0.25, -0.2) is 4.79 Å². The molecule has 3 aromatic carbocycles. The van der Waals surface area contributed by atoms with Crippen molar-refractivity contribution in [3.8, 4) is 17.2 Å². The van der Waals surface area contributed by atoms with E-state index in [1.807, 2.05) is 32.9 Å². The second-order valence-corrected chi connectivity index (χ2v) is 8.69. The third-order valence-electron chi connectivity index (χ3n) is 5.12. The summed E-state index contributed by atoms with van der Waals surface area (Å²) in [5, 5.41) is 8.41. The number of halogens is 1. The smallest absolute Gasteiger partial charge is 0.319 e. The molecule has 3 rings (SSSR count). The van der Waals surface area contributed by atoms with Crippen LogP contribution in [-0.4, -0.2) is 31.8 Å². The highest BCUT2D eigenvalue weighted by atomic mass is 79.9. The molecule has 3 amide bonds. The molecule has 0 aliphatic carbocycles. The number of carbonyl (C=O) groups excluding carboxylic acids is 2. The second kappa shape index (κ2) is 13.4. The van der Waals surface area contributed by atoms with E-state index >= 15 is 0 Å². The predicted octanol–water partition coefficient (Wildman–Crippen LogP) is 5.80. The fraction of sp³-hybridized carbons (Fsp3) is 0.259. The lowest BCUT2D eigenvalue weighted by Crippen LogP contribution is -2.28. The molecule has 0 unspecified atom stereocenters. The van der Waals surface area contributed by atoms with Gasteiger partial charge in [0, 0.05) is 34.0 Å². The molecule has 0 radical (unpaired) electrons. The Hall–Kier alpha value is -3.92. The maximum absolute atomic E-state index is 13.0. The first kappa shape index (κ1) is 27.7. The quantitative estimate of drug-likeness (QED) is 0.216. The summed E-state index contributed by atoms with van der Waals surface area (Å²) >= 11 is 3.38. The zero-order valence-corrected chi connectivity index (χ0v) is 22.6. The number of nitrogens with one attached hydrogen (secondary N) is 3. The number of hydrogen-bond acceptors (Lipinski definition) is 6. The molecule has 0 fully saturated rings. The maximum atomic E-state index is 13.0. The minimum Gasteiger partial charge on any atom is -0.493 e. The van der Waals surface area contributed by atoms with E-state index in [-0.39, 0.29) is 12.5 Å². The summed E-state index contributed by atoms with van der Waals surface area (Å²) in [5.41, 5.74) is 8.57. The molecule has 196 valence electrons. The van der Waals surface area contributed by atoms with Crippen molar-refractivity contribution in [2.75, 3.05) is 36.2 Å². The highest BCUT2D eigenvalue weighted by Crippen LogP contribution is 2.31. The van der Waals surface area contributed by atoms with Crippen LogP contribution < -0.4 is 35.9 Å². The number of amides is 3. The van der Waals surface area contributed by atoms with Crippen LogP contribution >= 0.6 is 15.9 Å². The zero-order valence-electron chi connectivity index (χ0n) is 21.0. The summed E-state index contributed by atoms with van der Waals surface area (Å²) < 4.78 is 17.8. The van der Waals surface area contributed by atoms with Crippen molar-refractivity contribution in [3.05, 3.63) is 70.2 Å². The van der Waals surface area contributed by atoms with Crippen LogP contribution in [0.2, 0.25) is 0 Å². The van der Waals surface area contributed by atoms with Gasteiger partial charge >= 0.3 is 6.03 Å². The molecule has 0 atom stereocenters. The number of nitrogen functional groups attached to an aromatic ring is 1. The van der Waals surface area contributed by atoms with E-state index in [0.29, 0.717) is 59.7 Å². The SMILES string of the molecule is CCOc1cc(CNC(=O)Nc2ccc(OCC)c(C(=O)Nc3ccc(Br)cc3)c2)c(OCC)cc1N. The van der Waals surface area contributed by atoms with E-state index in [9.17, 15) is 9.59 Å². The molecule has 0 heterocycles. The van der Waals surface area contributed by atoms with Crippen molar-refractivity contribution in [1.82, 2.24) is 5.32 Å². The molecule has 37 heavy (non-hydrogen) atoms. The number of carbonyl (C=O) groups is 2. The predicted molar refractivity (Wildman–Crippen MR) is 149 cm³/mol. The Balaban J connectivity index is 1.73. The van der Waals surface area contributed by atoms with Crippen molar-refractivity contribution < 1.29 is 23.8 Å². The lowest BCUT2D eigenvalue weighted by Gasteiger charge is -2.16. The summed E-state index contributed by atoms with van der Waals surface area (Å²) in [6.07, 6.45) is 0. The van der Waals surface area contributed by atoms with Gasteiger partial charge in [0.25, 0.3) is 5.91 Å². The van der Waals surface area contributed by atoms with Gasteiger partial charge in [-0.2, -0.15) is 0 Å². The van der Waals surface area contributed by atoms with Crippen molar-refractivity contribution in [3.63, 3.8) is 0 Å². The number of urea groups is 1. The summed E-state index contributed by atoms with van der Waals surface area (Å²) in [4.78, 5) is 25.7. The van der Waals surface area contributed by atoms with Gasteiger partial charge in [0.05, 0.1) is 31.1 Å². The molecular weight excluding hydrogens is 540 g/mol. The summed E-state index contributed by atoms with van der Waals surface area (Å²) in [6.45, 7) is 7.04. The zero-order chi connectivity index (χ0) is 26.8. The standard InChI is InChI=1S/C27H31BrN4O5/c1-4-35-23-12-11-20(14-21(23)26(33)31-19-9-7-18(28)8-10-19)32-27(34)30-16-17-13-25(37-6-3)22(29)15-24(17)36-5-2/h7-15H,4-6,16,29H2,1-3H3,(H,31,33)(H2,30,32,34). The van der Waals surface area contributed by atoms with Crippen LogP contribution in [0.15, 0.2) is 59.1 Å². The normalized spacial score (nSPS) is 10.4. The molecule has 0 spiro atoms. The summed E-state index contributed by atoms with van der Waals surface area (Å²) in [6, 6.07) is 15.1. The minimum atomic E-state index is -0.458. The van der Waals surface area contributed by atoms with Crippen LogP contribution in [-0.2, 0) is 6.54 Å². The highest BCUT2D eigenvalue weighted by molar-refractivity contribution is 9.10. The first-order chi connectivity index (χ1) is 17.8. The monoisotopic (exact) mass is 570 g/mol. The van der Waals surface area contributed by atoms with Gasteiger partial charge in [-0.1, -0.05) is 15.9 Å². The third kappa shape index (κ3) is 7.78. The fourth-order valence-corrected chi connectivity index (χ4v) is 3.74. The molecule has 0 aliphatic heterocycles. The first-order valence-electron chi connectivity index (χ1n) is 11.9. The van der Waals surface area contributed by atoms with Crippen molar-refractivity contribution in [2.45, 2.75) is 27.3 Å². The maximum Gasteiger partial charge on any atom is 0.319 e. The van der Waals surface area contributed by atoms with Gasteiger partial charge in [-0.3, -0.25) is 4.79 Å². The lowest BCUT2D eigenvalue weighted by molar-refractivity contribution is 0.102. The van der Waals surface area contributed by atoms with E-state index in [1.165, 1.54) is 0 Å². The Bertz CT molecular complexity index is 1230. The largest absolute Gasteiger partial charge is 0.493 e.